The molecule has 3 aliphatic heterocycles. The van der Waals surface area contributed by atoms with Gasteiger partial charge in [0, 0.05) is 36.3 Å². The highest BCUT2D eigenvalue weighted by Gasteiger charge is 2.30. The largest absolute Gasteiger partial charge is 0.352 e. The predicted molar refractivity (Wildman–Crippen MR) is 168 cm³/mol. The van der Waals surface area contributed by atoms with Gasteiger partial charge in [0.15, 0.2) is 11.6 Å². The van der Waals surface area contributed by atoms with Crippen LogP contribution in [0.15, 0.2) is 77.8 Å². The van der Waals surface area contributed by atoms with Gasteiger partial charge in [-0.2, -0.15) is 0 Å². The number of aliphatic imine (C=N–C) groups is 1. The summed E-state index contributed by atoms with van der Waals surface area (Å²) in [5.74, 6) is 1.54. The van der Waals surface area contributed by atoms with E-state index < -0.39 is 0 Å². The number of fused-ring (bicyclic) bond motifs is 1. The molecule has 3 aliphatic rings. The van der Waals surface area contributed by atoms with Crippen LogP contribution < -0.4 is 0 Å². The van der Waals surface area contributed by atoms with Gasteiger partial charge in [0.25, 0.3) is 0 Å². The van der Waals surface area contributed by atoms with E-state index in [0.29, 0.717) is 36.1 Å². The molecule has 0 radical (unpaired) electrons. The van der Waals surface area contributed by atoms with Crippen LogP contribution >= 0.6 is 0 Å². The van der Waals surface area contributed by atoms with Gasteiger partial charge < -0.3 is 4.90 Å². The number of halogens is 2. The summed E-state index contributed by atoms with van der Waals surface area (Å²) < 4.78 is 26.4. The SMILES string of the molecule is O=C(CN1CCC(C/N=C2/c3ccccc3CN2CC2CCN(CC(=O)c3ccc(F)cc3)CC2)CC1)c1ccc(F)cc1. The van der Waals surface area contributed by atoms with Gasteiger partial charge in [-0.3, -0.25) is 24.4 Å². The molecular weight excluding hydrogens is 558 g/mol. The van der Waals surface area contributed by atoms with Gasteiger partial charge in [0.1, 0.15) is 17.5 Å². The topological polar surface area (TPSA) is 56.2 Å². The maximum Gasteiger partial charge on any atom is 0.176 e. The van der Waals surface area contributed by atoms with Crippen molar-refractivity contribution in [3.8, 4) is 0 Å². The quantitative estimate of drug-likeness (QED) is 0.280. The van der Waals surface area contributed by atoms with E-state index in [4.69, 9.17) is 4.99 Å². The van der Waals surface area contributed by atoms with Crippen LogP contribution in [0.4, 0.5) is 8.78 Å². The summed E-state index contributed by atoms with van der Waals surface area (Å²) in [6, 6.07) is 20.2. The Balaban J connectivity index is 1.000. The third kappa shape index (κ3) is 7.48. The predicted octanol–water partition coefficient (Wildman–Crippen LogP) is 5.72. The zero-order valence-corrected chi connectivity index (χ0v) is 25.1. The number of carbonyl (C=O) groups excluding carboxylic acids is 2. The second kappa shape index (κ2) is 13.9. The number of ketones is 2. The molecule has 2 saturated heterocycles. The first-order chi connectivity index (χ1) is 21.4. The fourth-order valence-corrected chi connectivity index (χ4v) is 6.71. The smallest absolute Gasteiger partial charge is 0.176 e. The highest BCUT2D eigenvalue weighted by Crippen LogP contribution is 2.28. The van der Waals surface area contributed by atoms with Gasteiger partial charge in [0.05, 0.1) is 13.1 Å². The lowest BCUT2D eigenvalue weighted by atomic mass is 9.95. The second-order valence-corrected chi connectivity index (χ2v) is 12.5. The average Bonchev–Trinajstić information content (AvgIpc) is 3.39. The van der Waals surface area contributed by atoms with Gasteiger partial charge in [0.2, 0.25) is 0 Å². The molecule has 0 amide bonds. The van der Waals surface area contributed by atoms with Crippen molar-refractivity contribution in [2.24, 2.45) is 16.8 Å². The highest BCUT2D eigenvalue weighted by atomic mass is 19.1. The number of rotatable bonds is 10. The molecule has 0 unspecified atom stereocenters. The summed E-state index contributed by atoms with van der Waals surface area (Å²) in [7, 11) is 0. The number of hydrogen-bond donors (Lipinski definition) is 0. The van der Waals surface area contributed by atoms with Crippen molar-refractivity contribution in [1.29, 1.82) is 0 Å². The van der Waals surface area contributed by atoms with E-state index in [-0.39, 0.29) is 23.2 Å². The van der Waals surface area contributed by atoms with E-state index in [2.05, 4.69) is 39.0 Å². The summed E-state index contributed by atoms with van der Waals surface area (Å²) in [5, 5.41) is 0. The highest BCUT2D eigenvalue weighted by molar-refractivity contribution is 6.02. The van der Waals surface area contributed by atoms with Crippen molar-refractivity contribution in [1.82, 2.24) is 14.7 Å². The van der Waals surface area contributed by atoms with E-state index >= 15 is 0 Å². The zero-order chi connectivity index (χ0) is 30.5. The molecule has 6 nitrogen and oxygen atoms in total. The Hall–Kier alpha value is -3.75. The molecule has 3 aromatic rings. The fraction of sp³-hybridized carbons (Fsp3) is 0.417. The summed E-state index contributed by atoms with van der Waals surface area (Å²) in [5.41, 5.74) is 3.68. The van der Waals surface area contributed by atoms with E-state index in [1.54, 1.807) is 24.3 Å². The minimum atomic E-state index is -0.328. The number of nitrogens with zero attached hydrogens (tertiary/aromatic N) is 4. The van der Waals surface area contributed by atoms with Crippen molar-refractivity contribution in [3.63, 3.8) is 0 Å². The normalized spacial score (nSPS) is 19.4. The molecule has 3 aromatic carbocycles. The van der Waals surface area contributed by atoms with Crippen LogP contribution in [0.3, 0.4) is 0 Å². The molecule has 2 fully saturated rings. The summed E-state index contributed by atoms with van der Waals surface area (Å²) in [6.45, 7) is 6.85. The Morgan fingerprint density at radius 1 is 0.682 bits per heavy atom. The summed E-state index contributed by atoms with van der Waals surface area (Å²) >= 11 is 0. The van der Waals surface area contributed by atoms with Gasteiger partial charge in [-0.05, 0) is 118 Å². The maximum atomic E-state index is 13.2. The number of amidine groups is 1. The van der Waals surface area contributed by atoms with Gasteiger partial charge in [-0.1, -0.05) is 24.3 Å². The molecule has 3 heterocycles. The molecule has 0 N–H and O–H groups in total. The maximum absolute atomic E-state index is 13.2. The summed E-state index contributed by atoms with van der Waals surface area (Å²) in [4.78, 5) is 37.4. The average molecular weight is 599 g/mol. The zero-order valence-electron chi connectivity index (χ0n) is 25.1. The fourth-order valence-electron chi connectivity index (χ4n) is 6.71. The molecule has 8 heteroatoms. The first-order valence-electron chi connectivity index (χ1n) is 15.8. The van der Waals surface area contributed by atoms with Crippen LogP contribution in [0, 0.1) is 23.5 Å². The molecule has 0 saturated carbocycles. The second-order valence-electron chi connectivity index (χ2n) is 12.5. The Kier molecular flexibility index (Phi) is 9.57. The third-order valence-corrected chi connectivity index (χ3v) is 9.38. The van der Waals surface area contributed by atoms with Crippen LogP contribution in [0.2, 0.25) is 0 Å². The van der Waals surface area contributed by atoms with Gasteiger partial charge >= 0.3 is 0 Å². The number of carbonyl (C=O) groups is 2. The standard InChI is InChI=1S/C36H40F2N4O2/c37-31-9-5-28(6-10-31)34(43)24-40-17-13-26(14-18-40)21-39-36-33-4-2-1-3-30(33)23-42(36)22-27-15-19-41(20-16-27)25-35(44)29-7-11-32(38)12-8-29/h1-12,26-27H,13-25H2/b39-36-. The number of piperidine rings is 2. The molecule has 0 aromatic heterocycles. The molecule has 0 bridgehead atoms. The van der Waals surface area contributed by atoms with Crippen molar-refractivity contribution in [3.05, 3.63) is 107 Å². The van der Waals surface area contributed by atoms with E-state index in [1.165, 1.54) is 35.4 Å². The monoisotopic (exact) mass is 598 g/mol. The van der Waals surface area contributed by atoms with Gasteiger partial charge in [-0.15, -0.1) is 0 Å². The molecule has 6 rings (SSSR count). The Morgan fingerprint density at radius 3 is 1.73 bits per heavy atom. The Bertz CT molecular complexity index is 1470. The van der Waals surface area contributed by atoms with Crippen LogP contribution in [0.5, 0.6) is 0 Å². The molecule has 230 valence electrons. The number of hydrogen-bond acceptors (Lipinski definition) is 5. The molecule has 0 spiro atoms. The van der Waals surface area contributed by atoms with Crippen molar-refractivity contribution < 1.29 is 18.4 Å². The van der Waals surface area contributed by atoms with Gasteiger partial charge in [-0.25, -0.2) is 8.78 Å². The Labute approximate surface area is 258 Å². The first kappa shape index (κ1) is 30.3. The third-order valence-electron chi connectivity index (χ3n) is 9.38. The number of likely N-dealkylation sites (tertiary alicyclic amines) is 2. The molecular formula is C36H40F2N4O2. The minimum Gasteiger partial charge on any atom is -0.352 e. The first-order valence-corrected chi connectivity index (χ1v) is 15.8. The molecule has 44 heavy (non-hydrogen) atoms. The van der Waals surface area contributed by atoms with E-state index in [1.807, 2.05) is 0 Å². The van der Waals surface area contributed by atoms with Crippen molar-refractivity contribution in [2.75, 3.05) is 52.4 Å². The summed E-state index contributed by atoms with van der Waals surface area (Å²) in [6.07, 6.45) is 4.08. The van der Waals surface area contributed by atoms with Crippen LogP contribution in [0.25, 0.3) is 0 Å². The lowest BCUT2D eigenvalue weighted by molar-refractivity contribution is 0.0885. The number of benzene rings is 3. The van der Waals surface area contributed by atoms with Crippen LogP contribution in [-0.4, -0.2) is 84.5 Å². The lowest BCUT2D eigenvalue weighted by Crippen LogP contribution is -2.41. The van der Waals surface area contributed by atoms with Crippen molar-refractivity contribution >= 4 is 17.4 Å². The number of Topliss-reactive ketones (excluding diaryl/α,β-unsaturated/α-hetero) is 2. The van der Waals surface area contributed by atoms with Crippen LogP contribution in [0.1, 0.15) is 57.5 Å². The van der Waals surface area contributed by atoms with Crippen molar-refractivity contribution in [2.45, 2.75) is 32.2 Å². The van der Waals surface area contributed by atoms with Crippen LogP contribution in [-0.2, 0) is 6.54 Å². The van der Waals surface area contributed by atoms with E-state index in [0.717, 1.165) is 77.3 Å². The molecule has 0 atom stereocenters. The minimum absolute atomic E-state index is 0.0345. The molecule has 0 aliphatic carbocycles. The Morgan fingerprint density at radius 2 is 1.18 bits per heavy atom. The van der Waals surface area contributed by atoms with E-state index in [9.17, 15) is 18.4 Å². The lowest BCUT2D eigenvalue weighted by Gasteiger charge is -2.34.